The maximum absolute atomic E-state index is 11.7. The zero-order valence-electron chi connectivity index (χ0n) is 12.5. The molecule has 0 aliphatic carbocycles. The van der Waals surface area contributed by atoms with Crippen molar-refractivity contribution in [3.8, 4) is 5.75 Å². The first-order chi connectivity index (χ1) is 9.73. The number of allylic oxidation sites excluding steroid dienone is 1. The molecule has 0 atom stereocenters. The number of sulfonamides is 1. The Morgan fingerprint density at radius 1 is 1.33 bits per heavy atom. The van der Waals surface area contributed by atoms with Crippen LogP contribution in [0.2, 0.25) is 0 Å². The predicted octanol–water partition coefficient (Wildman–Crippen LogP) is 2.19. The van der Waals surface area contributed by atoms with Crippen LogP contribution in [-0.2, 0) is 14.8 Å². The number of hydrogen-bond donors (Lipinski definition) is 1. The Balaban J connectivity index is 3.10. The molecular weight excluding hydrogens is 294 g/mol. The minimum absolute atomic E-state index is 0.235. The standard InChI is InChI=1S/C14H19NO5S/c1-10(2)7-8-20-13-9-11(15-21(4,17)18)5-6-12(13)14(16)19-3/h5-7,9,15H,8H2,1-4H3. The number of ether oxygens (including phenoxy) is 2. The lowest BCUT2D eigenvalue weighted by Gasteiger charge is -2.11. The summed E-state index contributed by atoms with van der Waals surface area (Å²) in [7, 11) is -2.13. The molecule has 1 rings (SSSR count). The Morgan fingerprint density at radius 2 is 2.00 bits per heavy atom. The Bertz CT molecular complexity index is 645. The van der Waals surface area contributed by atoms with E-state index in [1.54, 1.807) is 0 Å². The Kier molecular flexibility index (Phi) is 5.78. The first-order valence-corrected chi connectivity index (χ1v) is 8.08. The molecule has 0 aliphatic heterocycles. The zero-order valence-corrected chi connectivity index (χ0v) is 13.3. The molecule has 0 aliphatic rings. The summed E-state index contributed by atoms with van der Waals surface area (Å²) in [4.78, 5) is 11.7. The van der Waals surface area contributed by atoms with Gasteiger partial charge in [-0.15, -0.1) is 0 Å². The fraction of sp³-hybridized carbons (Fsp3) is 0.357. The minimum Gasteiger partial charge on any atom is -0.489 e. The van der Waals surface area contributed by atoms with E-state index in [4.69, 9.17) is 4.74 Å². The van der Waals surface area contributed by atoms with E-state index in [0.29, 0.717) is 5.69 Å². The van der Waals surface area contributed by atoms with E-state index >= 15 is 0 Å². The van der Waals surface area contributed by atoms with Gasteiger partial charge in [0.25, 0.3) is 0 Å². The number of hydrogen-bond acceptors (Lipinski definition) is 5. The van der Waals surface area contributed by atoms with Crippen LogP contribution in [0, 0.1) is 0 Å². The van der Waals surface area contributed by atoms with Crippen LogP contribution in [0.15, 0.2) is 29.8 Å². The van der Waals surface area contributed by atoms with Crippen LogP contribution in [0.1, 0.15) is 24.2 Å². The summed E-state index contributed by atoms with van der Waals surface area (Å²) in [6.45, 7) is 4.12. The maximum Gasteiger partial charge on any atom is 0.341 e. The van der Waals surface area contributed by atoms with Crippen LogP contribution >= 0.6 is 0 Å². The lowest BCUT2D eigenvalue weighted by molar-refractivity contribution is 0.0596. The van der Waals surface area contributed by atoms with Gasteiger partial charge in [0.05, 0.1) is 19.1 Å². The van der Waals surface area contributed by atoms with E-state index in [0.717, 1.165) is 11.8 Å². The van der Waals surface area contributed by atoms with E-state index in [9.17, 15) is 13.2 Å². The van der Waals surface area contributed by atoms with Gasteiger partial charge in [-0.25, -0.2) is 13.2 Å². The average Bonchev–Trinajstić information content (AvgIpc) is 2.36. The van der Waals surface area contributed by atoms with Crippen molar-refractivity contribution < 1.29 is 22.7 Å². The van der Waals surface area contributed by atoms with Gasteiger partial charge in [-0.2, -0.15) is 0 Å². The first-order valence-electron chi connectivity index (χ1n) is 6.19. The number of carbonyl (C=O) groups is 1. The van der Waals surface area contributed by atoms with Crippen LogP contribution in [0.4, 0.5) is 5.69 Å². The van der Waals surface area contributed by atoms with Crippen LogP contribution in [0.5, 0.6) is 5.75 Å². The molecule has 21 heavy (non-hydrogen) atoms. The smallest absolute Gasteiger partial charge is 0.341 e. The molecule has 116 valence electrons. The lowest BCUT2D eigenvalue weighted by atomic mass is 10.2. The summed E-state index contributed by atoms with van der Waals surface area (Å²) < 4.78 is 35.0. The predicted molar refractivity (Wildman–Crippen MR) is 81.2 cm³/mol. The second-order valence-electron chi connectivity index (χ2n) is 4.67. The second-order valence-corrected chi connectivity index (χ2v) is 6.42. The van der Waals surface area contributed by atoms with Gasteiger partial charge in [-0.3, -0.25) is 4.72 Å². The Labute approximate surface area is 124 Å². The van der Waals surface area contributed by atoms with Crippen LogP contribution in [0.3, 0.4) is 0 Å². The number of carbonyl (C=O) groups excluding carboxylic acids is 1. The van der Waals surface area contributed by atoms with Gasteiger partial charge in [0.15, 0.2) is 0 Å². The van der Waals surface area contributed by atoms with Gasteiger partial charge in [0.1, 0.15) is 17.9 Å². The van der Waals surface area contributed by atoms with Crippen molar-refractivity contribution >= 4 is 21.7 Å². The van der Waals surface area contributed by atoms with Gasteiger partial charge >= 0.3 is 5.97 Å². The van der Waals surface area contributed by atoms with Crippen LogP contribution in [0.25, 0.3) is 0 Å². The minimum atomic E-state index is -3.40. The highest BCUT2D eigenvalue weighted by Gasteiger charge is 2.14. The van der Waals surface area contributed by atoms with E-state index in [1.165, 1.54) is 25.3 Å². The summed E-state index contributed by atoms with van der Waals surface area (Å²) in [6.07, 6.45) is 2.89. The van der Waals surface area contributed by atoms with Crippen LogP contribution < -0.4 is 9.46 Å². The topological polar surface area (TPSA) is 81.7 Å². The molecule has 7 heteroatoms. The van der Waals surface area contributed by atoms with Crippen molar-refractivity contribution in [2.75, 3.05) is 24.7 Å². The molecule has 1 aromatic rings. The molecule has 0 amide bonds. The largest absolute Gasteiger partial charge is 0.489 e. The SMILES string of the molecule is COC(=O)c1ccc(NS(C)(=O)=O)cc1OCC=C(C)C. The monoisotopic (exact) mass is 313 g/mol. The van der Waals surface area contributed by atoms with Gasteiger partial charge < -0.3 is 9.47 Å². The maximum atomic E-state index is 11.7. The summed E-state index contributed by atoms with van der Waals surface area (Å²) in [5.41, 5.74) is 1.62. The van der Waals surface area contributed by atoms with E-state index < -0.39 is 16.0 Å². The van der Waals surface area contributed by atoms with E-state index in [1.807, 2.05) is 19.9 Å². The highest BCUT2D eigenvalue weighted by atomic mass is 32.2. The Morgan fingerprint density at radius 3 is 2.52 bits per heavy atom. The molecule has 0 spiro atoms. The molecule has 0 aromatic heterocycles. The van der Waals surface area contributed by atoms with E-state index in [-0.39, 0.29) is 17.9 Å². The van der Waals surface area contributed by atoms with Gasteiger partial charge in [0, 0.05) is 6.07 Å². The fourth-order valence-electron chi connectivity index (χ4n) is 1.50. The fourth-order valence-corrected chi connectivity index (χ4v) is 2.05. The molecule has 6 nitrogen and oxygen atoms in total. The molecule has 0 bridgehead atoms. The molecule has 0 radical (unpaired) electrons. The number of rotatable bonds is 6. The summed E-state index contributed by atoms with van der Waals surface area (Å²) in [5.74, 6) is -0.291. The molecular formula is C14H19NO5S. The molecule has 0 saturated heterocycles. The number of methoxy groups -OCH3 is 1. The highest BCUT2D eigenvalue weighted by molar-refractivity contribution is 7.92. The highest BCUT2D eigenvalue weighted by Crippen LogP contribution is 2.25. The number of anilines is 1. The third-order valence-electron chi connectivity index (χ3n) is 2.42. The van der Waals surface area contributed by atoms with Crippen molar-refractivity contribution in [1.29, 1.82) is 0 Å². The first kappa shape index (κ1) is 17.0. The zero-order chi connectivity index (χ0) is 16.0. The summed E-state index contributed by atoms with van der Waals surface area (Å²) in [5, 5.41) is 0. The third kappa shape index (κ3) is 5.86. The number of esters is 1. The van der Waals surface area contributed by atoms with Crippen molar-refractivity contribution in [2.24, 2.45) is 0 Å². The molecule has 1 N–H and O–H groups in total. The van der Waals surface area contributed by atoms with Crippen LogP contribution in [-0.4, -0.2) is 34.4 Å². The summed E-state index contributed by atoms with van der Waals surface area (Å²) >= 11 is 0. The molecule has 0 unspecified atom stereocenters. The molecule has 0 saturated carbocycles. The Hall–Kier alpha value is -2.02. The molecule has 0 heterocycles. The van der Waals surface area contributed by atoms with Crippen molar-refractivity contribution in [3.63, 3.8) is 0 Å². The van der Waals surface area contributed by atoms with Crippen molar-refractivity contribution in [3.05, 3.63) is 35.4 Å². The second kappa shape index (κ2) is 7.12. The van der Waals surface area contributed by atoms with Gasteiger partial charge in [-0.1, -0.05) is 5.57 Å². The van der Waals surface area contributed by atoms with Crippen molar-refractivity contribution in [2.45, 2.75) is 13.8 Å². The number of benzene rings is 1. The average molecular weight is 313 g/mol. The van der Waals surface area contributed by atoms with Crippen molar-refractivity contribution in [1.82, 2.24) is 0 Å². The number of nitrogens with one attached hydrogen (secondary N) is 1. The van der Waals surface area contributed by atoms with Gasteiger partial charge in [0.2, 0.25) is 10.0 Å². The molecule has 0 fully saturated rings. The quantitative estimate of drug-likeness (QED) is 0.643. The van der Waals surface area contributed by atoms with Gasteiger partial charge in [-0.05, 0) is 32.1 Å². The summed E-state index contributed by atoms with van der Waals surface area (Å²) in [6, 6.07) is 4.38. The lowest BCUT2D eigenvalue weighted by Crippen LogP contribution is -2.11. The molecule has 1 aromatic carbocycles. The van der Waals surface area contributed by atoms with E-state index in [2.05, 4.69) is 9.46 Å². The normalized spacial score (nSPS) is 10.7. The third-order valence-corrected chi connectivity index (χ3v) is 3.03.